The van der Waals surface area contributed by atoms with Crippen molar-refractivity contribution in [1.29, 1.82) is 0 Å². The lowest BCUT2D eigenvalue weighted by molar-refractivity contribution is -0.130. The Bertz CT molecular complexity index is 1390. The topological polar surface area (TPSA) is 141 Å². The number of azide groups is 1. The first-order valence-electron chi connectivity index (χ1n) is 13.4. The van der Waals surface area contributed by atoms with E-state index in [2.05, 4.69) is 20.9 Å². The molecule has 3 aromatic carbocycles. The van der Waals surface area contributed by atoms with Crippen molar-refractivity contribution < 1.29 is 19.4 Å². The maximum absolute atomic E-state index is 14.1. The van der Waals surface area contributed by atoms with E-state index in [1.807, 2.05) is 48.5 Å². The molecule has 40 heavy (non-hydrogen) atoms. The normalized spacial score (nSPS) is 19.7. The molecule has 0 unspecified atom stereocenters. The fourth-order valence-electron chi connectivity index (χ4n) is 4.72. The van der Waals surface area contributed by atoms with Gasteiger partial charge >= 0.3 is 0 Å². The summed E-state index contributed by atoms with van der Waals surface area (Å²) in [5.74, 6) is 1.18. The highest BCUT2D eigenvalue weighted by atomic mass is 16.5. The van der Waals surface area contributed by atoms with Crippen molar-refractivity contribution in [3.05, 3.63) is 106 Å². The lowest BCUT2D eigenvalue weighted by atomic mass is 9.81. The summed E-state index contributed by atoms with van der Waals surface area (Å²) < 4.78 is 12.2. The van der Waals surface area contributed by atoms with Gasteiger partial charge < -0.3 is 14.6 Å². The maximum Gasteiger partial charge on any atom is 0.266 e. The summed E-state index contributed by atoms with van der Waals surface area (Å²) in [6.07, 6.45) is 2.21. The van der Waals surface area contributed by atoms with E-state index in [9.17, 15) is 10.3 Å². The van der Waals surface area contributed by atoms with Gasteiger partial charge in [0.25, 0.3) is 5.91 Å². The lowest BCUT2D eigenvalue weighted by Gasteiger charge is -2.31. The van der Waals surface area contributed by atoms with Gasteiger partial charge in [-0.2, -0.15) is 0 Å². The minimum absolute atomic E-state index is 0.0580. The number of ether oxygens (including phenoxy) is 2. The first kappa shape index (κ1) is 27.2. The molecule has 206 valence electrons. The molecule has 2 aliphatic rings. The van der Waals surface area contributed by atoms with Gasteiger partial charge in [0.1, 0.15) is 5.75 Å². The van der Waals surface area contributed by atoms with Gasteiger partial charge in [0.05, 0.1) is 6.61 Å². The number of benzene rings is 3. The van der Waals surface area contributed by atoms with Crippen LogP contribution in [-0.2, 0) is 16.0 Å². The average Bonchev–Trinajstić information content (AvgIpc) is 3.73. The molecule has 1 aliphatic carbocycles. The number of carbonyl (C=O) groups is 1. The molecule has 1 saturated carbocycles. The van der Waals surface area contributed by atoms with E-state index >= 15 is 0 Å². The summed E-state index contributed by atoms with van der Waals surface area (Å²) in [6.45, 7) is 1.14. The molecular formula is C30H32N6O4. The van der Waals surface area contributed by atoms with Gasteiger partial charge in [-0.3, -0.25) is 10.2 Å². The minimum Gasteiger partial charge on any atom is -0.494 e. The van der Waals surface area contributed by atoms with Gasteiger partial charge in [-0.15, -0.1) is 0 Å². The van der Waals surface area contributed by atoms with E-state index in [4.69, 9.17) is 19.6 Å². The van der Waals surface area contributed by atoms with E-state index < -0.39 is 11.6 Å². The predicted octanol–water partition coefficient (Wildman–Crippen LogP) is 4.92. The SMILES string of the molecule is [N-]=[N+]=Nc1ccccc1[C@@H]1OC(c2ccc(OCCCO)cc2)=N[C@]1(Cc1ccccc1)C(=O)NNCC1CC1. The van der Waals surface area contributed by atoms with Crippen LogP contribution < -0.4 is 15.6 Å². The molecule has 2 atom stereocenters. The minimum atomic E-state index is -1.40. The van der Waals surface area contributed by atoms with Gasteiger partial charge in [0.2, 0.25) is 5.90 Å². The zero-order valence-electron chi connectivity index (χ0n) is 22.1. The Balaban J connectivity index is 1.55. The van der Waals surface area contributed by atoms with Crippen LogP contribution in [0.2, 0.25) is 0 Å². The molecule has 0 saturated heterocycles. The smallest absolute Gasteiger partial charge is 0.266 e. The Kier molecular flexibility index (Phi) is 8.61. The molecule has 1 fully saturated rings. The highest BCUT2D eigenvalue weighted by Gasteiger charge is 2.54. The predicted molar refractivity (Wildman–Crippen MR) is 151 cm³/mol. The van der Waals surface area contributed by atoms with Crippen LogP contribution in [0.25, 0.3) is 10.4 Å². The molecule has 10 nitrogen and oxygen atoms in total. The zero-order chi connectivity index (χ0) is 27.8. The number of aliphatic imine (C=N–C) groups is 1. The Labute approximate surface area is 232 Å². The highest BCUT2D eigenvalue weighted by Crippen LogP contribution is 2.45. The van der Waals surface area contributed by atoms with Gasteiger partial charge in [-0.25, -0.2) is 10.4 Å². The van der Waals surface area contributed by atoms with Crippen LogP contribution in [0, 0.1) is 5.92 Å². The number of amides is 1. The van der Waals surface area contributed by atoms with Crippen molar-refractivity contribution in [2.24, 2.45) is 16.0 Å². The summed E-state index contributed by atoms with van der Waals surface area (Å²) in [6, 6.07) is 24.0. The van der Waals surface area contributed by atoms with E-state index in [0.717, 1.165) is 18.4 Å². The summed E-state index contributed by atoms with van der Waals surface area (Å²) in [5, 5.41) is 12.9. The number of hydrazine groups is 1. The second kappa shape index (κ2) is 12.7. The molecule has 5 rings (SSSR count). The van der Waals surface area contributed by atoms with Crippen molar-refractivity contribution in [3.8, 4) is 5.75 Å². The summed E-state index contributed by atoms with van der Waals surface area (Å²) in [4.78, 5) is 22.1. The number of nitrogens with one attached hydrogen (secondary N) is 2. The van der Waals surface area contributed by atoms with Gasteiger partial charge in [-0.05, 0) is 54.1 Å². The van der Waals surface area contributed by atoms with Crippen molar-refractivity contribution in [2.45, 2.75) is 37.3 Å². The van der Waals surface area contributed by atoms with Crippen LogP contribution in [0.15, 0.2) is 89.0 Å². The van der Waals surface area contributed by atoms with Crippen LogP contribution in [0.1, 0.15) is 42.1 Å². The van der Waals surface area contributed by atoms with E-state index in [-0.39, 0.29) is 18.9 Å². The Morgan fingerprint density at radius 1 is 1.10 bits per heavy atom. The molecule has 0 bridgehead atoms. The largest absolute Gasteiger partial charge is 0.494 e. The molecule has 1 amide bonds. The molecule has 0 radical (unpaired) electrons. The van der Waals surface area contributed by atoms with Crippen LogP contribution in [0.3, 0.4) is 0 Å². The van der Waals surface area contributed by atoms with Gasteiger partial charge in [0.15, 0.2) is 11.6 Å². The number of aliphatic hydroxyl groups is 1. The fourth-order valence-corrected chi connectivity index (χ4v) is 4.72. The monoisotopic (exact) mass is 540 g/mol. The van der Waals surface area contributed by atoms with Gasteiger partial charge in [-0.1, -0.05) is 59.7 Å². The summed E-state index contributed by atoms with van der Waals surface area (Å²) in [7, 11) is 0. The van der Waals surface area contributed by atoms with E-state index in [1.54, 1.807) is 30.3 Å². The van der Waals surface area contributed by atoms with E-state index in [1.165, 1.54) is 0 Å². The number of rotatable bonds is 13. The third-order valence-electron chi connectivity index (χ3n) is 7.01. The van der Waals surface area contributed by atoms with Crippen molar-refractivity contribution in [2.75, 3.05) is 19.8 Å². The molecule has 10 heteroatoms. The second-order valence-corrected chi connectivity index (χ2v) is 9.98. The lowest BCUT2D eigenvalue weighted by Crippen LogP contribution is -2.54. The fraction of sp³-hybridized carbons (Fsp3) is 0.333. The molecule has 1 heterocycles. The third-order valence-corrected chi connectivity index (χ3v) is 7.01. The standard InChI is InChI=1S/C30H32N6O4/c31-36-34-26-10-5-4-9-25(26)27-30(19-21-7-2-1-3-8-21,29(38)35-32-20-22-11-12-22)33-28(40-27)23-13-15-24(16-14-23)39-18-6-17-37/h1-5,7-10,13-16,22,27,32,37H,6,11-12,17-20H2,(H,35,38)/t27-,30-/m0/s1. The first-order chi connectivity index (χ1) is 19.6. The second-order valence-electron chi connectivity index (χ2n) is 9.98. The molecule has 0 spiro atoms. The van der Waals surface area contributed by atoms with Crippen molar-refractivity contribution in [1.82, 2.24) is 10.9 Å². The summed E-state index contributed by atoms with van der Waals surface area (Å²) >= 11 is 0. The average molecular weight is 541 g/mol. The maximum atomic E-state index is 14.1. The summed E-state index contributed by atoms with van der Waals surface area (Å²) in [5.41, 5.74) is 16.4. The molecule has 1 aliphatic heterocycles. The van der Waals surface area contributed by atoms with Crippen LogP contribution in [-0.4, -0.2) is 42.2 Å². The third kappa shape index (κ3) is 6.26. The zero-order valence-corrected chi connectivity index (χ0v) is 22.1. The van der Waals surface area contributed by atoms with E-state index in [0.29, 0.717) is 54.0 Å². The number of hydrogen-bond donors (Lipinski definition) is 3. The van der Waals surface area contributed by atoms with Crippen LogP contribution >= 0.6 is 0 Å². The van der Waals surface area contributed by atoms with Crippen molar-refractivity contribution >= 4 is 17.5 Å². The molecular weight excluding hydrogens is 508 g/mol. The number of hydrogen-bond acceptors (Lipinski definition) is 7. The molecule has 3 aromatic rings. The first-order valence-corrected chi connectivity index (χ1v) is 13.4. The Morgan fingerprint density at radius 3 is 2.58 bits per heavy atom. The quantitative estimate of drug-likeness (QED) is 0.0928. The number of aliphatic hydroxyl groups excluding tert-OH is 1. The van der Waals surface area contributed by atoms with Crippen LogP contribution in [0.4, 0.5) is 5.69 Å². The highest BCUT2D eigenvalue weighted by molar-refractivity contribution is 6.01. The number of carbonyl (C=O) groups excluding carboxylic acids is 1. The Morgan fingerprint density at radius 2 is 1.85 bits per heavy atom. The Hall–Kier alpha value is -4.37. The molecule has 3 N–H and O–H groups in total. The number of nitrogens with zero attached hydrogens (tertiary/aromatic N) is 4. The van der Waals surface area contributed by atoms with Crippen LogP contribution in [0.5, 0.6) is 5.75 Å². The molecule has 0 aromatic heterocycles. The van der Waals surface area contributed by atoms with Crippen molar-refractivity contribution in [3.63, 3.8) is 0 Å². The van der Waals surface area contributed by atoms with Gasteiger partial charge in [0, 0.05) is 47.7 Å².